The molecule has 2 N–H and O–H groups in total. The van der Waals surface area contributed by atoms with Gasteiger partial charge in [0, 0.05) is 0 Å². The van der Waals surface area contributed by atoms with E-state index in [1.807, 2.05) is 36.9 Å². The summed E-state index contributed by atoms with van der Waals surface area (Å²) in [5.41, 5.74) is 2.43. The van der Waals surface area contributed by atoms with Crippen LogP contribution in [-0.2, 0) is 11.2 Å². The second-order valence-electron chi connectivity index (χ2n) is 5.27. The van der Waals surface area contributed by atoms with Crippen molar-refractivity contribution in [2.24, 2.45) is 0 Å². The molecular weight excluding hydrogens is 266 g/mol. The molecule has 0 bridgehead atoms. The van der Waals surface area contributed by atoms with E-state index >= 15 is 0 Å². The molecule has 5 nitrogen and oxygen atoms in total. The smallest absolute Gasteiger partial charge is 0.321 e. The van der Waals surface area contributed by atoms with E-state index in [2.05, 4.69) is 16.7 Å². The van der Waals surface area contributed by atoms with E-state index in [1.54, 1.807) is 0 Å². The number of benzene rings is 1. The molecule has 5 heteroatoms. The summed E-state index contributed by atoms with van der Waals surface area (Å²) in [6.07, 6.45) is 1.85. The van der Waals surface area contributed by atoms with Crippen LogP contribution in [0.1, 0.15) is 37.4 Å². The molecule has 0 radical (unpaired) electrons. The first-order chi connectivity index (χ1) is 10.1. The van der Waals surface area contributed by atoms with E-state index in [9.17, 15) is 9.59 Å². The van der Waals surface area contributed by atoms with E-state index in [0.29, 0.717) is 0 Å². The summed E-state index contributed by atoms with van der Waals surface area (Å²) in [5, 5.41) is 5.29. The molecule has 21 heavy (non-hydrogen) atoms. The SMILES string of the molecule is CCN(CC)CC(=O)NC(=O)NC1CCc2ccccc21. The molecule has 1 aromatic carbocycles. The molecule has 0 aliphatic heterocycles. The molecule has 0 aromatic heterocycles. The first-order valence-electron chi connectivity index (χ1n) is 7.54. The number of likely N-dealkylation sites (N-methyl/N-ethyl adjacent to an activating group) is 1. The predicted octanol–water partition coefficient (Wildman–Crippen LogP) is 1.84. The van der Waals surface area contributed by atoms with Gasteiger partial charge in [-0.05, 0) is 37.1 Å². The number of nitrogens with one attached hydrogen (secondary N) is 2. The Morgan fingerprint density at radius 3 is 2.67 bits per heavy atom. The zero-order valence-corrected chi connectivity index (χ0v) is 12.7. The second-order valence-corrected chi connectivity index (χ2v) is 5.27. The highest BCUT2D eigenvalue weighted by Crippen LogP contribution is 2.30. The number of urea groups is 1. The highest BCUT2D eigenvalue weighted by molar-refractivity contribution is 5.95. The van der Waals surface area contributed by atoms with Gasteiger partial charge in [0.2, 0.25) is 5.91 Å². The lowest BCUT2D eigenvalue weighted by molar-refractivity contribution is -0.121. The van der Waals surface area contributed by atoms with Gasteiger partial charge in [-0.1, -0.05) is 38.1 Å². The lowest BCUT2D eigenvalue weighted by atomic mass is 10.1. The highest BCUT2D eigenvalue weighted by atomic mass is 16.2. The topological polar surface area (TPSA) is 61.4 Å². The zero-order chi connectivity index (χ0) is 15.2. The monoisotopic (exact) mass is 289 g/mol. The summed E-state index contributed by atoms with van der Waals surface area (Å²) < 4.78 is 0. The number of fused-ring (bicyclic) bond motifs is 1. The lowest BCUT2D eigenvalue weighted by Gasteiger charge is -2.18. The van der Waals surface area contributed by atoms with Gasteiger partial charge in [-0.3, -0.25) is 15.0 Å². The number of carbonyl (C=O) groups excluding carboxylic acids is 2. The number of nitrogens with zero attached hydrogens (tertiary/aromatic N) is 1. The fraction of sp³-hybridized carbons (Fsp3) is 0.500. The third-order valence-electron chi connectivity index (χ3n) is 3.95. The number of aryl methyl sites for hydroxylation is 1. The van der Waals surface area contributed by atoms with Crippen LogP contribution in [0.3, 0.4) is 0 Å². The van der Waals surface area contributed by atoms with Gasteiger partial charge in [0.15, 0.2) is 0 Å². The Bertz CT molecular complexity index is 512. The molecular formula is C16H23N3O2. The predicted molar refractivity (Wildman–Crippen MR) is 82.0 cm³/mol. The highest BCUT2D eigenvalue weighted by Gasteiger charge is 2.23. The number of imide groups is 1. The first-order valence-corrected chi connectivity index (χ1v) is 7.54. The fourth-order valence-electron chi connectivity index (χ4n) is 2.72. The lowest BCUT2D eigenvalue weighted by Crippen LogP contribution is -2.45. The van der Waals surface area contributed by atoms with Gasteiger partial charge in [-0.15, -0.1) is 0 Å². The Morgan fingerprint density at radius 2 is 1.95 bits per heavy atom. The van der Waals surface area contributed by atoms with Crippen LogP contribution < -0.4 is 10.6 Å². The van der Waals surface area contributed by atoms with Crippen LogP contribution in [-0.4, -0.2) is 36.5 Å². The van der Waals surface area contributed by atoms with Gasteiger partial charge in [-0.2, -0.15) is 0 Å². The molecule has 0 heterocycles. The van der Waals surface area contributed by atoms with Crippen LogP contribution in [0.4, 0.5) is 4.79 Å². The standard InChI is InChI=1S/C16H23N3O2/c1-3-19(4-2)11-15(20)18-16(21)17-14-10-9-12-7-5-6-8-13(12)14/h5-8,14H,3-4,9-11H2,1-2H3,(H2,17,18,20,21). The van der Waals surface area contributed by atoms with Crippen molar-refractivity contribution in [1.29, 1.82) is 0 Å². The summed E-state index contributed by atoms with van der Waals surface area (Å²) in [6, 6.07) is 7.69. The van der Waals surface area contributed by atoms with Crippen molar-refractivity contribution < 1.29 is 9.59 Å². The van der Waals surface area contributed by atoms with E-state index in [4.69, 9.17) is 0 Å². The van der Waals surface area contributed by atoms with E-state index in [-0.39, 0.29) is 18.5 Å². The number of amides is 3. The van der Waals surface area contributed by atoms with Gasteiger partial charge >= 0.3 is 6.03 Å². The molecule has 114 valence electrons. The van der Waals surface area contributed by atoms with Crippen LogP contribution in [0.25, 0.3) is 0 Å². The minimum Gasteiger partial charge on any atom is -0.331 e. The Labute approximate surface area is 125 Å². The Kier molecular flexibility index (Phi) is 5.33. The molecule has 0 fully saturated rings. The van der Waals surface area contributed by atoms with Gasteiger partial charge in [-0.25, -0.2) is 4.79 Å². The van der Waals surface area contributed by atoms with Crippen LogP contribution in [0, 0.1) is 0 Å². The zero-order valence-electron chi connectivity index (χ0n) is 12.7. The molecule has 0 spiro atoms. The average molecular weight is 289 g/mol. The van der Waals surface area contributed by atoms with Crippen LogP contribution >= 0.6 is 0 Å². The van der Waals surface area contributed by atoms with Gasteiger partial charge in [0.1, 0.15) is 0 Å². The summed E-state index contributed by atoms with van der Waals surface area (Å²) in [5.74, 6) is -0.262. The molecule has 1 aromatic rings. The van der Waals surface area contributed by atoms with Crippen molar-refractivity contribution in [1.82, 2.24) is 15.5 Å². The molecule has 0 saturated heterocycles. The fourth-order valence-corrected chi connectivity index (χ4v) is 2.72. The molecule has 1 aliphatic rings. The molecule has 0 saturated carbocycles. The maximum Gasteiger partial charge on any atom is 0.321 e. The van der Waals surface area contributed by atoms with Gasteiger partial charge in [0.05, 0.1) is 12.6 Å². The molecule has 1 aliphatic carbocycles. The normalized spacial score (nSPS) is 16.6. The Balaban J connectivity index is 1.84. The van der Waals surface area contributed by atoms with Crippen molar-refractivity contribution in [2.45, 2.75) is 32.7 Å². The summed E-state index contributed by atoms with van der Waals surface area (Å²) >= 11 is 0. The summed E-state index contributed by atoms with van der Waals surface area (Å²) in [4.78, 5) is 25.7. The quantitative estimate of drug-likeness (QED) is 0.869. The number of hydrogen-bond acceptors (Lipinski definition) is 3. The number of carbonyl (C=O) groups is 2. The molecule has 1 unspecified atom stereocenters. The van der Waals surface area contributed by atoms with Crippen molar-refractivity contribution in [3.05, 3.63) is 35.4 Å². The van der Waals surface area contributed by atoms with E-state index in [1.165, 1.54) is 5.56 Å². The maximum absolute atomic E-state index is 11.9. The molecule has 3 amide bonds. The van der Waals surface area contributed by atoms with Gasteiger partial charge in [0.25, 0.3) is 0 Å². The second kappa shape index (κ2) is 7.22. The minimum absolute atomic E-state index is 0.00227. The minimum atomic E-state index is -0.408. The van der Waals surface area contributed by atoms with Crippen LogP contribution in [0.15, 0.2) is 24.3 Å². The van der Waals surface area contributed by atoms with Crippen LogP contribution in [0.5, 0.6) is 0 Å². The largest absolute Gasteiger partial charge is 0.331 e. The van der Waals surface area contributed by atoms with Crippen molar-refractivity contribution >= 4 is 11.9 Å². The Hall–Kier alpha value is -1.88. The van der Waals surface area contributed by atoms with Gasteiger partial charge < -0.3 is 5.32 Å². The van der Waals surface area contributed by atoms with Crippen LogP contribution in [0.2, 0.25) is 0 Å². The number of rotatable bonds is 5. The van der Waals surface area contributed by atoms with E-state index < -0.39 is 6.03 Å². The maximum atomic E-state index is 11.9. The third-order valence-corrected chi connectivity index (χ3v) is 3.95. The Morgan fingerprint density at radius 1 is 1.24 bits per heavy atom. The molecule has 2 rings (SSSR count). The van der Waals surface area contributed by atoms with E-state index in [0.717, 1.165) is 31.5 Å². The number of hydrogen-bond donors (Lipinski definition) is 2. The summed E-state index contributed by atoms with van der Waals surface area (Å²) in [7, 11) is 0. The first kappa shape index (κ1) is 15.5. The van der Waals surface area contributed by atoms with Crippen molar-refractivity contribution in [3.8, 4) is 0 Å². The van der Waals surface area contributed by atoms with Crippen molar-refractivity contribution in [3.63, 3.8) is 0 Å². The summed E-state index contributed by atoms with van der Waals surface area (Å²) in [6.45, 7) is 5.82. The third kappa shape index (κ3) is 4.04. The van der Waals surface area contributed by atoms with Crippen molar-refractivity contribution in [2.75, 3.05) is 19.6 Å². The molecule has 1 atom stereocenters. The average Bonchev–Trinajstić information content (AvgIpc) is 2.88.